The van der Waals surface area contributed by atoms with Crippen molar-refractivity contribution in [3.63, 3.8) is 0 Å². The number of hydrogen-bond donors (Lipinski definition) is 1. The molecule has 2 rings (SSSR count). The van der Waals surface area contributed by atoms with Gasteiger partial charge in [-0.2, -0.15) is 0 Å². The van der Waals surface area contributed by atoms with Crippen molar-refractivity contribution in [1.29, 1.82) is 0 Å². The first-order valence-corrected chi connectivity index (χ1v) is 7.05. The molecule has 0 aromatic carbocycles. The number of carbonyl (C=O) groups is 2. The topological polar surface area (TPSA) is 74.0 Å². The van der Waals surface area contributed by atoms with E-state index in [1.54, 1.807) is 18.9 Å². The lowest BCUT2D eigenvalue weighted by Gasteiger charge is -2.22. The third-order valence-electron chi connectivity index (χ3n) is 4.04. The van der Waals surface area contributed by atoms with E-state index in [1.165, 1.54) is 0 Å². The Kier molecular flexibility index (Phi) is 4.37. The molecule has 1 aromatic rings. The van der Waals surface area contributed by atoms with Gasteiger partial charge in [-0.3, -0.25) is 14.5 Å². The maximum Gasteiger partial charge on any atom is 0.310 e. The summed E-state index contributed by atoms with van der Waals surface area (Å²) >= 11 is 0. The van der Waals surface area contributed by atoms with Crippen LogP contribution in [0.3, 0.4) is 0 Å². The molecule has 21 heavy (non-hydrogen) atoms. The fraction of sp³-hybridized carbons (Fsp3) is 0.600. The summed E-state index contributed by atoms with van der Waals surface area (Å²) in [5.41, 5.74) is -0.739. The van der Waals surface area contributed by atoms with E-state index in [9.17, 15) is 14.7 Å². The van der Waals surface area contributed by atoms with E-state index in [1.807, 2.05) is 24.0 Å². The zero-order valence-corrected chi connectivity index (χ0v) is 12.8. The Hall–Kier alpha value is -1.82. The van der Waals surface area contributed by atoms with E-state index in [4.69, 9.17) is 4.42 Å². The highest BCUT2D eigenvalue weighted by atomic mass is 16.4. The Morgan fingerprint density at radius 1 is 1.48 bits per heavy atom. The number of carboxylic acid groups (broad SMARTS) is 1. The number of likely N-dealkylation sites (tertiary alicyclic amines) is 1. The van der Waals surface area contributed by atoms with Crippen molar-refractivity contribution in [2.24, 2.45) is 5.41 Å². The molecular weight excluding hydrogens is 272 g/mol. The lowest BCUT2D eigenvalue weighted by Crippen LogP contribution is -2.39. The van der Waals surface area contributed by atoms with Gasteiger partial charge in [0, 0.05) is 13.6 Å². The van der Waals surface area contributed by atoms with Crippen LogP contribution >= 0.6 is 0 Å². The van der Waals surface area contributed by atoms with E-state index in [0.717, 1.165) is 11.5 Å². The first kappa shape index (κ1) is 15.6. The number of furan rings is 1. The minimum Gasteiger partial charge on any atom is -0.481 e. The Labute approximate surface area is 124 Å². The Morgan fingerprint density at radius 2 is 2.19 bits per heavy atom. The van der Waals surface area contributed by atoms with Crippen LogP contribution in [-0.4, -0.2) is 53.5 Å². The molecule has 2 heterocycles. The van der Waals surface area contributed by atoms with Gasteiger partial charge in [-0.15, -0.1) is 0 Å². The average molecular weight is 294 g/mol. The second-order valence-electron chi connectivity index (χ2n) is 6.09. The molecule has 1 saturated heterocycles. The van der Waals surface area contributed by atoms with Gasteiger partial charge in [-0.05, 0) is 38.9 Å². The van der Waals surface area contributed by atoms with Crippen molar-refractivity contribution in [3.05, 3.63) is 23.7 Å². The maximum absolute atomic E-state index is 12.2. The molecule has 6 heteroatoms. The molecule has 1 amide bonds. The summed E-state index contributed by atoms with van der Waals surface area (Å²) in [5, 5.41) is 9.20. The molecule has 1 aliphatic heterocycles. The summed E-state index contributed by atoms with van der Waals surface area (Å²) in [6.07, 6.45) is 0.580. The molecule has 1 aliphatic rings. The van der Waals surface area contributed by atoms with E-state index < -0.39 is 11.4 Å². The highest BCUT2D eigenvalue weighted by Crippen LogP contribution is 2.29. The fourth-order valence-electron chi connectivity index (χ4n) is 2.57. The third-order valence-corrected chi connectivity index (χ3v) is 4.04. The quantitative estimate of drug-likeness (QED) is 0.887. The molecule has 6 nitrogen and oxygen atoms in total. The predicted octanol–water partition coefficient (Wildman–Crippen LogP) is 1.34. The van der Waals surface area contributed by atoms with Crippen LogP contribution in [0.1, 0.15) is 24.9 Å². The number of carbonyl (C=O) groups excluding carboxylic acids is 1. The fourth-order valence-corrected chi connectivity index (χ4v) is 2.57. The zero-order chi connectivity index (χ0) is 15.6. The van der Waals surface area contributed by atoms with Crippen LogP contribution < -0.4 is 0 Å². The molecule has 116 valence electrons. The highest BCUT2D eigenvalue weighted by molar-refractivity contribution is 5.79. The summed E-state index contributed by atoms with van der Waals surface area (Å²) in [5.74, 6) is 0.748. The molecule has 0 aliphatic carbocycles. The molecule has 1 atom stereocenters. The Bertz CT molecular complexity index is 540. The third kappa shape index (κ3) is 3.64. The number of hydrogen-bond acceptors (Lipinski definition) is 4. The molecule has 1 fully saturated rings. The summed E-state index contributed by atoms with van der Waals surface area (Å²) in [6.45, 7) is 5.33. The van der Waals surface area contributed by atoms with Gasteiger partial charge >= 0.3 is 5.97 Å². The number of amides is 1. The maximum atomic E-state index is 12.2. The minimum atomic E-state index is -0.795. The Balaban J connectivity index is 1.86. The van der Waals surface area contributed by atoms with Gasteiger partial charge in [0.05, 0.1) is 18.5 Å². The smallest absolute Gasteiger partial charge is 0.310 e. The van der Waals surface area contributed by atoms with E-state index in [2.05, 4.69) is 0 Å². The van der Waals surface area contributed by atoms with Crippen molar-refractivity contribution < 1.29 is 19.1 Å². The van der Waals surface area contributed by atoms with Crippen LogP contribution in [0, 0.1) is 12.3 Å². The van der Waals surface area contributed by atoms with Gasteiger partial charge in [0.15, 0.2) is 0 Å². The van der Waals surface area contributed by atoms with Crippen molar-refractivity contribution in [3.8, 4) is 0 Å². The van der Waals surface area contributed by atoms with Crippen LogP contribution in [0.5, 0.6) is 0 Å². The number of rotatable bonds is 5. The zero-order valence-electron chi connectivity index (χ0n) is 12.8. The number of nitrogens with zero attached hydrogens (tertiary/aromatic N) is 2. The first-order valence-electron chi connectivity index (χ1n) is 7.05. The lowest BCUT2D eigenvalue weighted by molar-refractivity contribution is -0.147. The van der Waals surface area contributed by atoms with Crippen LogP contribution in [0.15, 0.2) is 16.5 Å². The van der Waals surface area contributed by atoms with Crippen molar-refractivity contribution in [1.82, 2.24) is 9.80 Å². The highest BCUT2D eigenvalue weighted by Gasteiger charge is 2.40. The molecule has 1 aromatic heterocycles. The molecule has 1 unspecified atom stereocenters. The van der Waals surface area contributed by atoms with Crippen LogP contribution in [0.25, 0.3) is 0 Å². The molecule has 0 radical (unpaired) electrons. The molecule has 0 bridgehead atoms. The average Bonchev–Trinajstić information content (AvgIpc) is 2.97. The second-order valence-corrected chi connectivity index (χ2v) is 6.09. The molecule has 1 N–H and O–H groups in total. The Morgan fingerprint density at radius 3 is 2.71 bits per heavy atom. The lowest BCUT2D eigenvalue weighted by atomic mass is 9.90. The standard InChI is InChI=1S/C15H22N2O4/c1-11-4-5-12(21-11)8-16(3)13(18)9-17-7-6-15(2,10-17)14(19)20/h4-5H,6-10H2,1-3H3,(H,19,20). The van der Waals surface area contributed by atoms with Gasteiger partial charge in [-0.25, -0.2) is 0 Å². The van der Waals surface area contributed by atoms with Gasteiger partial charge in [0.1, 0.15) is 11.5 Å². The molecule has 0 saturated carbocycles. The van der Waals surface area contributed by atoms with Crippen LogP contribution in [-0.2, 0) is 16.1 Å². The molecular formula is C15H22N2O4. The number of likely N-dealkylation sites (N-methyl/N-ethyl adjacent to an activating group) is 1. The number of aryl methyl sites for hydroxylation is 1. The monoisotopic (exact) mass is 294 g/mol. The van der Waals surface area contributed by atoms with Crippen molar-refractivity contribution in [2.45, 2.75) is 26.8 Å². The summed E-state index contributed by atoms with van der Waals surface area (Å²) in [7, 11) is 1.73. The van der Waals surface area contributed by atoms with E-state index >= 15 is 0 Å². The SMILES string of the molecule is Cc1ccc(CN(C)C(=O)CN2CCC(C)(C(=O)O)C2)o1. The van der Waals surface area contributed by atoms with Crippen LogP contribution in [0.4, 0.5) is 0 Å². The number of carboxylic acids is 1. The second kappa shape index (κ2) is 5.89. The van der Waals surface area contributed by atoms with Crippen LogP contribution in [0.2, 0.25) is 0 Å². The normalized spacial score (nSPS) is 22.4. The summed E-state index contributed by atoms with van der Waals surface area (Å²) in [6, 6.07) is 3.73. The number of aliphatic carboxylic acids is 1. The summed E-state index contributed by atoms with van der Waals surface area (Å²) in [4.78, 5) is 26.9. The summed E-state index contributed by atoms with van der Waals surface area (Å²) < 4.78 is 5.45. The first-order chi connectivity index (χ1) is 9.80. The van der Waals surface area contributed by atoms with E-state index in [0.29, 0.717) is 26.1 Å². The van der Waals surface area contributed by atoms with E-state index in [-0.39, 0.29) is 12.5 Å². The predicted molar refractivity (Wildman–Crippen MR) is 76.7 cm³/mol. The largest absolute Gasteiger partial charge is 0.481 e. The molecule has 0 spiro atoms. The van der Waals surface area contributed by atoms with Crippen molar-refractivity contribution in [2.75, 3.05) is 26.7 Å². The minimum absolute atomic E-state index is 0.0290. The van der Waals surface area contributed by atoms with Gasteiger partial charge < -0.3 is 14.4 Å². The van der Waals surface area contributed by atoms with Crippen molar-refractivity contribution >= 4 is 11.9 Å². The van der Waals surface area contributed by atoms with Gasteiger partial charge in [0.25, 0.3) is 0 Å². The van der Waals surface area contributed by atoms with Gasteiger partial charge in [-0.1, -0.05) is 0 Å². The van der Waals surface area contributed by atoms with Gasteiger partial charge in [0.2, 0.25) is 5.91 Å².